The minimum absolute atomic E-state index is 0.0761. The molecule has 0 aliphatic heterocycles. The largest absolute Gasteiger partial charge is 0.342 e. The van der Waals surface area contributed by atoms with E-state index in [9.17, 15) is 4.79 Å². The van der Waals surface area contributed by atoms with Crippen LogP contribution in [0.5, 0.6) is 0 Å². The van der Waals surface area contributed by atoms with E-state index in [1.165, 1.54) is 0 Å². The molecule has 0 aromatic carbocycles. The van der Waals surface area contributed by atoms with Crippen LogP contribution in [-0.2, 0) is 20.1 Å². The van der Waals surface area contributed by atoms with Gasteiger partial charge in [-0.25, -0.2) is 0 Å². The first-order valence-electron chi connectivity index (χ1n) is 7.23. The predicted molar refractivity (Wildman–Crippen MR) is 87.2 cm³/mol. The van der Waals surface area contributed by atoms with Gasteiger partial charge >= 0.3 is 11.8 Å². The summed E-state index contributed by atoms with van der Waals surface area (Å²) in [4.78, 5) is 16.2. The zero-order valence-electron chi connectivity index (χ0n) is 13.4. The van der Waals surface area contributed by atoms with E-state index in [4.69, 9.17) is 4.52 Å². The molecule has 0 spiro atoms. The fourth-order valence-corrected chi connectivity index (χ4v) is 2.48. The van der Waals surface area contributed by atoms with Crippen molar-refractivity contribution >= 4 is 21.8 Å². The number of aryl methyl sites for hydroxylation is 2. The Bertz CT molecular complexity index is 880. The second kappa shape index (κ2) is 6.56. The number of amides is 1. The van der Waals surface area contributed by atoms with Gasteiger partial charge in [0.25, 0.3) is 0 Å². The SMILES string of the molecule is Cc1nn(Cc2noc(C(=O)NCc3ccnn3C)n2)c(C)c1Br. The summed E-state index contributed by atoms with van der Waals surface area (Å²) < 4.78 is 9.40. The van der Waals surface area contributed by atoms with Crippen LogP contribution in [-0.4, -0.2) is 35.6 Å². The lowest BCUT2D eigenvalue weighted by Gasteiger charge is -2.02. The summed E-state index contributed by atoms with van der Waals surface area (Å²) in [7, 11) is 1.80. The Morgan fingerprint density at radius 3 is 2.83 bits per heavy atom. The highest BCUT2D eigenvalue weighted by Crippen LogP contribution is 2.20. The Hall–Kier alpha value is -2.49. The Morgan fingerprint density at radius 1 is 1.42 bits per heavy atom. The molecule has 0 bridgehead atoms. The second-order valence-corrected chi connectivity index (χ2v) is 6.08. The van der Waals surface area contributed by atoms with Gasteiger partial charge < -0.3 is 9.84 Å². The van der Waals surface area contributed by atoms with Crippen molar-refractivity contribution in [3.8, 4) is 0 Å². The van der Waals surface area contributed by atoms with E-state index in [1.807, 2.05) is 19.9 Å². The smallest absolute Gasteiger partial charge is 0.316 e. The first-order chi connectivity index (χ1) is 11.5. The van der Waals surface area contributed by atoms with Gasteiger partial charge in [-0.05, 0) is 35.8 Å². The van der Waals surface area contributed by atoms with Crippen LogP contribution in [0.2, 0.25) is 0 Å². The van der Waals surface area contributed by atoms with Crippen molar-refractivity contribution in [1.82, 2.24) is 35.0 Å². The lowest BCUT2D eigenvalue weighted by molar-refractivity contribution is 0.0906. The van der Waals surface area contributed by atoms with Crippen LogP contribution in [0.1, 0.15) is 33.6 Å². The molecule has 3 rings (SSSR count). The van der Waals surface area contributed by atoms with E-state index in [-0.39, 0.29) is 5.89 Å². The molecule has 0 atom stereocenters. The average Bonchev–Trinajstić information content (AvgIpc) is 3.24. The Morgan fingerprint density at radius 2 is 2.21 bits per heavy atom. The predicted octanol–water partition coefficient (Wildman–Crippen LogP) is 1.36. The molecule has 9 nitrogen and oxygen atoms in total. The van der Waals surface area contributed by atoms with Crippen LogP contribution in [0, 0.1) is 13.8 Å². The third kappa shape index (κ3) is 3.23. The van der Waals surface area contributed by atoms with Crippen molar-refractivity contribution in [3.63, 3.8) is 0 Å². The van der Waals surface area contributed by atoms with Crippen LogP contribution in [0.25, 0.3) is 0 Å². The van der Waals surface area contributed by atoms with E-state index in [0.29, 0.717) is 18.9 Å². The van der Waals surface area contributed by atoms with Crippen LogP contribution >= 0.6 is 15.9 Å². The van der Waals surface area contributed by atoms with Gasteiger partial charge in [0.05, 0.1) is 28.1 Å². The molecule has 1 amide bonds. The third-order valence-corrected chi connectivity index (χ3v) is 4.75. The van der Waals surface area contributed by atoms with Gasteiger partial charge in [-0.15, -0.1) is 0 Å². The number of nitrogens with one attached hydrogen (secondary N) is 1. The topological polar surface area (TPSA) is 104 Å². The highest BCUT2D eigenvalue weighted by molar-refractivity contribution is 9.10. The highest BCUT2D eigenvalue weighted by Gasteiger charge is 2.17. The molecular weight excluding hydrogens is 378 g/mol. The third-order valence-electron chi connectivity index (χ3n) is 3.60. The number of nitrogens with zero attached hydrogens (tertiary/aromatic N) is 6. The van der Waals surface area contributed by atoms with E-state index in [2.05, 4.69) is 41.6 Å². The average molecular weight is 394 g/mol. The molecule has 0 saturated heterocycles. The maximum atomic E-state index is 12.1. The number of rotatable bonds is 5. The van der Waals surface area contributed by atoms with Crippen molar-refractivity contribution in [2.75, 3.05) is 0 Å². The lowest BCUT2D eigenvalue weighted by Crippen LogP contribution is -2.24. The minimum Gasteiger partial charge on any atom is -0.342 e. The summed E-state index contributed by atoms with van der Waals surface area (Å²) in [5.74, 6) is -0.115. The summed E-state index contributed by atoms with van der Waals surface area (Å²) in [6.45, 7) is 4.50. The first kappa shape index (κ1) is 16.4. The number of carbonyl (C=O) groups is 1. The summed E-state index contributed by atoms with van der Waals surface area (Å²) in [5, 5.41) is 15.0. The molecule has 3 aromatic heterocycles. The van der Waals surface area contributed by atoms with Crippen molar-refractivity contribution in [2.45, 2.75) is 26.9 Å². The molecule has 0 aliphatic rings. The molecule has 3 heterocycles. The standard InChI is InChI=1S/C14H16BrN7O2/c1-8-12(15)9(2)22(19-8)7-11-18-14(24-20-11)13(23)16-6-10-4-5-17-21(10)3/h4-5H,6-7H2,1-3H3,(H,16,23). The molecule has 24 heavy (non-hydrogen) atoms. The monoisotopic (exact) mass is 393 g/mol. The molecule has 0 radical (unpaired) electrons. The number of carbonyl (C=O) groups excluding carboxylic acids is 1. The summed E-state index contributed by atoms with van der Waals surface area (Å²) in [5.41, 5.74) is 2.71. The number of aromatic nitrogens is 6. The van der Waals surface area contributed by atoms with E-state index < -0.39 is 5.91 Å². The van der Waals surface area contributed by atoms with E-state index in [1.54, 1.807) is 22.6 Å². The van der Waals surface area contributed by atoms with Crippen LogP contribution in [0.3, 0.4) is 0 Å². The minimum atomic E-state index is -0.426. The first-order valence-corrected chi connectivity index (χ1v) is 8.02. The van der Waals surface area contributed by atoms with Crippen LogP contribution < -0.4 is 5.32 Å². The quantitative estimate of drug-likeness (QED) is 0.701. The summed E-state index contributed by atoms with van der Waals surface area (Å²) >= 11 is 3.47. The molecule has 0 saturated carbocycles. The van der Waals surface area contributed by atoms with Crippen molar-refractivity contribution < 1.29 is 9.32 Å². The van der Waals surface area contributed by atoms with Crippen molar-refractivity contribution in [2.24, 2.45) is 7.05 Å². The number of hydrogen-bond acceptors (Lipinski definition) is 6. The lowest BCUT2D eigenvalue weighted by atomic mass is 10.4. The Kier molecular flexibility index (Phi) is 4.47. The zero-order valence-corrected chi connectivity index (χ0v) is 15.0. The van der Waals surface area contributed by atoms with Gasteiger partial charge in [-0.1, -0.05) is 5.16 Å². The molecule has 0 fully saturated rings. The van der Waals surface area contributed by atoms with Gasteiger partial charge in [0.2, 0.25) is 0 Å². The molecule has 1 N–H and O–H groups in total. The Labute approximate surface area is 146 Å². The number of hydrogen-bond donors (Lipinski definition) is 1. The normalized spacial score (nSPS) is 11.0. The van der Waals surface area contributed by atoms with Gasteiger partial charge in [0, 0.05) is 13.2 Å². The van der Waals surface area contributed by atoms with Gasteiger partial charge in [0.15, 0.2) is 5.82 Å². The molecule has 10 heteroatoms. The summed E-state index contributed by atoms with van der Waals surface area (Å²) in [6, 6.07) is 1.82. The maximum Gasteiger partial charge on any atom is 0.316 e. The fraction of sp³-hybridized carbons (Fsp3) is 0.357. The molecular formula is C14H16BrN7O2. The number of halogens is 1. The molecule has 3 aromatic rings. The van der Waals surface area contributed by atoms with Gasteiger partial charge in [0.1, 0.15) is 6.54 Å². The van der Waals surface area contributed by atoms with Crippen LogP contribution in [0.15, 0.2) is 21.3 Å². The second-order valence-electron chi connectivity index (χ2n) is 5.29. The van der Waals surface area contributed by atoms with Crippen LogP contribution in [0.4, 0.5) is 0 Å². The molecule has 0 aliphatic carbocycles. The fourth-order valence-electron chi connectivity index (χ4n) is 2.19. The molecule has 0 unspecified atom stereocenters. The summed E-state index contributed by atoms with van der Waals surface area (Å²) in [6.07, 6.45) is 1.67. The van der Waals surface area contributed by atoms with Crippen molar-refractivity contribution in [3.05, 3.63) is 45.5 Å². The zero-order chi connectivity index (χ0) is 17.3. The molecule has 126 valence electrons. The van der Waals surface area contributed by atoms with Gasteiger partial charge in [-0.3, -0.25) is 14.2 Å². The maximum absolute atomic E-state index is 12.1. The van der Waals surface area contributed by atoms with Gasteiger partial charge in [-0.2, -0.15) is 15.2 Å². The van der Waals surface area contributed by atoms with Crippen molar-refractivity contribution in [1.29, 1.82) is 0 Å². The Balaban J connectivity index is 1.65. The highest BCUT2D eigenvalue weighted by atomic mass is 79.9. The van der Waals surface area contributed by atoms with E-state index >= 15 is 0 Å². The van der Waals surface area contributed by atoms with E-state index in [0.717, 1.165) is 21.6 Å².